The molecule has 0 spiro atoms. The van der Waals surface area contributed by atoms with Gasteiger partial charge in [0.05, 0.1) is 12.6 Å². The van der Waals surface area contributed by atoms with Gasteiger partial charge in [-0.3, -0.25) is 4.79 Å². The summed E-state index contributed by atoms with van der Waals surface area (Å²) in [7, 11) is -2.76. The number of benzene rings is 2. The first-order valence-electron chi connectivity index (χ1n) is 11.3. The number of ether oxygens (including phenoxy) is 1. The average Bonchev–Trinajstić information content (AvgIpc) is 2.72. The number of amides is 2. The molecule has 3 rings (SSSR count). The Balaban J connectivity index is 2.00. The Kier molecular flexibility index (Phi) is 6.96. The zero-order valence-corrected chi connectivity index (χ0v) is 21.1. The molecule has 1 unspecified atom stereocenters. The van der Waals surface area contributed by atoms with Crippen LogP contribution in [0.15, 0.2) is 60.7 Å². The van der Waals surface area contributed by atoms with Crippen LogP contribution >= 0.6 is 0 Å². The van der Waals surface area contributed by atoms with Gasteiger partial charge in [0.2, 0.25) is 5.91 Å². The fourth-order valence-electron chi connectivity index (χ4n) is 4.35. The SMILES string of the molecule is CC(C)(C)OC(=O)N1CC(O[Si](c2ccccc2)(c2ccccc2)C(C)(C)C)CCC1=O. The molecule has 1 aliphatic rings. The summed E-state index contributed by atoms with van der Waals surface area (Å²) in [6.07, 6.45) is -0.00477. The van der Waals surface area contributed by atoms with Crippen molar-refractivity contribution in [3.63, 3.8) is 0 Å². The van der Waals surface area contributed by atoms with Crippen molar-refractivity contribution in [2.45, 2.75) is 71.1 Å². The van der Waals surface area contributed by atoms with E-state index in [-0.39, 0.29) is 30.0 Å². The molecule has 0 aliphatic carbocycles. The lowest BCUT2D eigenvalue weighted by Crippen LogP contribution is -2.68. The summed E-state index contributed by atoms with van der Waals surface area (Å²) in [5.41, 5.74) is -0.664. The lowest BCUT2D eigenvalue weighted by molar-refractivity contribution is -0.135. The maximum Gasteiger partial charge on any atom is 0.417 e. The number of likely N-dealkylation sites (tertiary alicyclic amines) is 1. The molecule has 1 heterocycles. The van der Waals surface area contributed by atoms with E-state index in [1.807, 2.05) is 36.4 Å². The van der Waals surface area contributed by atoms with E-state index in [1.54, 1.807) is 20.8 Å². The van der Waals surface area contributed by atoms with Gasteiger partial charge in [0, 0.05) is 6.42 Å². The summed E-state index contributed by atoms with van der Waals surface area (Å²) in [6, 6.07) is 20.8. The minimum Gasteiger partial charge on any atom is -0.443 e. The van der Waals surface area contributed by atoms with E-state index in [1.165, 1.54) is 15.3 Å². The number of hydrogen-bond donors (Lipinski definition) is 0. The number of imide groups is 1. The molecule has 6 heteroatoms. The summed E-state index contributed by atoms with van der Waals surface area (Å²) in [4.78, 5) is 26.5. The van der Waals surface area contributed by atoms with Crippen molar-refractivity contribution in [2.75, 3.05) is 6.54 Å². The summed E-state index contributed by atoms with van der Waals surface area (Å²) >= 11 is 0. The van der Waals surface area contributed by atoms with Crippen LogP contribution < -0.4 is 10.4 Å². The molecule has 172 valence electrons. The molecule has 1 saturated heterocycles. The van der Waals surface area contributed by atoms with Gasteiger partial charge in [-0.1, -0.05) is 81.4 Å². The van der Waals surface area contributed by atoms with Gasteiger partial charge in [0.15, 0.2) is 0 Å². The van der Waals surface area contributed by atoms with Crippen LogP contribution in [0.2, 0.25) is 5.04 Å². The molecule has 0 bridgehead atoms. The number of piperidine rings is 1. The second-order valence-electron chi connectivity index (χ2n) is 10.4. The van der Waals surface area contributed by atoms with E-state index in [9.17, 15) is 9.59 Å². The van der Waals surface area contributed by atoms with E-state index in [0.29, 0.717) is 6.42 Å². The van der Waals surface area contributed by atoms with Crippen LogP contribution in [0, 0.1) is 0 Å². The number of hydrogen-bond acceptors (Lipinski definition) is 4. The van der Waals surface area contributed by atoms with Gasteiger partial charge < -0.3 is 9.16 Å². The van der Waals surface area contributed by atoms with Crippen LogP contribution in [0.1, 0.15) is 54.4 Å². The molecule has 0 radical (unpaired) electrons. The third kappa shape index (κ3) is 5.13. The highest BCUT2D eigenvalue weighted by molar-refractivity contribution is 6.99. The highest BCUT2D eigenvalue weighted by atomic mass is 28.4. The smallest absolute Gasteiger partial charge is 0.417 e. The van der Waals surface area contributed by atoms with Gasteiger partial charge in [0.25, 0.3) is 8.32 Å². The van der Waals surface area contributed by atoms with Gasteiger partial charge in [-0.15, -0.1) is 0 Å². The van der Waals surface area contributed by atoms with Crippen molar-refractivity contribution in [2.24, 2.45) is 0 Å². The zero-order chi connectivity index (χ0) is 23.6. The molecule has 0 saturated carbocycles. The molecule has 0 aromatic heterocycles. The second-order valence-corrected chi connectivity index (χ2v) is 14.7. The quantitative estimate of drug-likeness (QED) is 0.640. The zero-order valence-electron chi connectivity index (χ0n) is 20.1. The lowest BCUT2D eigenvalue weighted by Gasteiger charge is -2.46. The molecule has 1 atom stereocenters. The van der Waals surface area contributed by atoms with Gasteiger partial charge in [0.1, 0.15) is 5.60 Å². The molecule has 32 heavy (non-hydrogen) atoms. The van der Waals surface area contributed by atoms with E-state index in [4.69, 9.17) is 9.16 Å². The molecule has 1 aliphatic heterocycles. The first-order valence-corrected chi connectivity index (χ1v) is 13.2. The Bertz CT molecular complexity index is 892. The Hall–Kier alpha value is -2.44. The van der Waals surface area contributed by atoms with Gasteiger partial charge in [-0.25, -0.2) is 9.69 Å². The van der Waals surface area contributed by atoms with Crippen LogP contribution in [0.5, 0.6) is 0 Å². The summed E-state index contributed by atoms with van der Waals surface area (Å²) in [5, 5.41) is 2.19. The molecule has 2 amide bonds. The molecule has 2 aromatic rings. The molecule has 1 fully saturated rings. The van der Waals surface area contributed by atoms with Gasteiger partial charge >= 0.3 is 6.09 Å². The van der Waals surface area contributed by atoms with Crippen molar-refractivity contribution in [3.05, 3.63) is 60.7 Å². The topological polar surface area (TPSA) is 55.8 Å². The predicted octanol–water partition coefficient (Wildman–Crippen LogP) is 4.49. The Morgan fingerprint density at radius 2 is 1.41 bits per heavy atom. The highest BCUT2D eigenvalue weighted by Crippen LogP contribution is 2.38. The molecule has 5 nitrogen and oxygen atoms in total. The van der Waals surface area contributed by atoms with E-state index in [0.717, 1.165) is 0 Å². The number of nitrogens with zero attached hydrogens (tertiary/aromatic N) is 1. The van der Waals surface area contributed by atoms with E-state index < -0.39 is 20.0 Å². The molecule has 2 aromatic carbocycles. The average molecular weight is 454 g/mol. The van der Waals surface area contributed by atoms with Crippen LogP contribution in [0.4, 0.5) is 4.79 Å². The van der Waals surface area contributed by atoms with Crippen molar-refractivity contribution in [1.82, 2.24) is 4.90 Å². The third-order valence-corrected chi connectivity index (χ3v) is 10.8. The molecular formula is C26H35NO4Si. The van der Waals surface area contributed by atoms with Crippen molar-refractivity contribution < 1.29 is 18.8 Å². The fraction of sp³-hybridized carbons (Fsp3) is 0.462. The van der Waals surface area contributed by atoms with Crippen LogP contribution in [-0.2, 0) is 14.0 Å². The third-order valence-electron chi connectivity index (χ3n) is 5.74. The lowest BCUT2D eigenvalue weighted by atomic mass is 10.1. The number of rotatable bonds is 4. The predicted molar refractivity (Wildman–Crippen MR) is 130 cm³/mol. The first-order chi connectivity index (χ1) is 14.9. The van der Waals surface area contributed by atoms with Gasteiger partial charge in [-0.2, -0.15) is 0 Å². The minimum absolute atomic E-state index is 0.173. The van der Waals surface area contributed by atoms with E-state index in [2.05, 4.69) is 45.0 Å². The standard InChI is InChI=1S/C26H35NO4Si/c1-25(2,3)30-24(29)27-19-20(17-18-23(27)28)31-32(26(4,5)6,21-13-9-7-10-14-21)22-15-11-8-12-16-22/h7-16,20H,17-19H2,1-6H3. The Morgan fingerprint density at radius 1 is 0.906 bits per heavy atom. The molecular weight excluding hydrogens is 418 g/mol. The van der Waals surface area contributed by atoms with Crippen molar-refractivity contribution in [1.29, 1.82) is 0 Å². The van der Waals surface area contributed by atoms with E-state index >= 15 is 0 Å². The Morgan fingerprint density at radius 3 is 1.84 bits per heavy atom. The number of carbonyl (C=O) groups excluding carboxylic acids is 2. The van der Waals surface area contributed by atoms with Gasteiger partial charge in [-0.05, 0) is 42.6 Å². The van der Waals surface area contributed by atoms with Crippen molar-refractivity contribution in [3.8, 4) is 0 Å². The fourth-order valence-corrected chi connectivity index (χ4v) is 9.05. The first kappa shape index (κ1) is 24.2. The monoisotopic (exact) mass is 453 g/mol. The maximum absolute atomic E-state index is 12.7. The largest absolute Gasteiger partial charge is 0.443 e. The summed E-state index contributed by atoms with van der Waals surface area (Å²) in [6.45, 7) is 12.3. The second kappa shape index (κ2) is 9.20. The summed E-state index contributed by atoms with van der Waals surface area (Å²) in [5.74, 6) is -0.207. The minimum atomic E-state index is -2.76. The van der Waals surface area contributed by atoms with Crippen molar-refractivity contribution >= 4 is 30.7 Å². The highest BCUT2D eigenvalue weighted by Gasteiger charge is 2.52. The van der Waals surface area contributed by atoms with Crippen LogP contribution in [0.3, 0.4) is 0 Å². The summed E-state index contributed by atoms with van der Waals surface area (Å²) < 4.78 is 12.6. The molecule has 0 N–H and O–H groups in total. The Labute approximate surface area is 192 Å². The normalized spacial score (nSPS) is 17.9. The number of carbonyl (C=O) groups is 2. The van der Waals surface area contributed by atoms with Crippen LogP contribution in [-0.4, -0.2) is 43.5 Å². The van der Waals surface area contributed by atoms with Crippen LogP contribution in [0.25, 0.3) is 0 Å². The maximum atomic E-state index is 12.7.